The van der Waals surface area contributed by atoms with Crippen LogP contribution in [0.15, 0.2) is 126 Å². The normalized spacial score (nSPS) is 18.7. The van der Waals surface area contributed by atoms with E-state index in [-0.39, 0.29) is 22.6 Å². The number of benzene rings is 3. The summed E-state index contributed by atoms with van der Waals surface area (Å²) >= 11 is 1.02. The molecule has 0 bridgehead atoms. The van der Waals surface area contributed by atoms with Crippen LogP contribution in [0.4, 0.5) is 10.5 Å². The molecule has 0 N–H and O–H groups in total. The van der Waals surface area contributed by atoms with Crippen LogP contribution in [0.2, 0.25) is 0 Å². The molecular weight excluding hydrogens is 554 g/mol. The molecule has 7 rings (SSSR count). The molecule has 1 saturated heterocycles. The van der Waals surface area contributed by atoms with Crippen molar-refractivity contribution in [3.8, 4) is 11.6 Å². The molecule has 214 valence electrons. The zero-order valence-corrected chi connectivity index (χ0v) is 24.7. The molecule has 1 spiro atoms. The number of fused-ring (bicyclic) bond motifs is 2. The second-order valence-electron chi connectivity index (χ2n) is 11.0. The van der Waals surface area contributed by atoms with Crippen molar-refractivity contribution >= 4 is 28.6 Å². The summed E-state index contributed by atoms with van der Waals surface area (Å²) in [7, 11) is 0. The highest BCUT2D eigenvalue weighted by Gasteiger charge is 2.57. The van der Waals surface area contributed by atoms with Crippen molar-refractivity contribution in [1.82, 2.24) is 9.88 Å². The molecule has 4 aromatic rings. The number of carbonyl (C=O) groups is 2. The number of ether oxygens (including phenoxy) is 1. The quantitative estimate of drug-likeness (QED) is 0.194. The predicted octanol–water partition coefficient (Wildman–Crippen LogP) is 8.39. The number of anilines is 1. The zero-order valence-electron chi connectivity index (χ0n) is 23.9. The van der Waals surface area contributed by atoms with Gasteiger partial charge >= 0.3 is 0 Å². The summed E-state index contributed by atoms with van der Waals surface area (Å²) in [6.45, 7) is 2.40. The molecule has 3 aliphatic rings. The summed E-state index contributed by atoms with van der Waals surface area (Å²) in [5.41, 5.74) is 5.36. The van der Waals surface area contributed by atoms with E-state index in [0.29, 0.717) is 17.3 Å². The van der Waals surface area contributed by atoms with Gasteiger partial charge in [0, 0.05) is 23.7 Å². The molecule has 1 aromatic heterocycles. The van der Waals surface area contributed by atoms with Crippen molar-refractivity contribution in [2.75, 3.05) is 11.4 Å². The molecule has 3 aromatic carbocycles. The van der Waals surface area contributed by atoms with Crippen molar-refractivity contribution in [2.24, 2.45) is 0 Å². The van der Waals surface area contributed by atoms with Gasteiger partial charge in [-0.05, 0) is 72.0 Å². The third kappa shape index (κ3) is 4.93. The molecule has 0 atom stereocenters. The van der Waals surface area contributed by atoms with E-state index >= 15 is 0 Å². The third-order valence-corrected chi connectivity index (χ3v) is 9.23. The minimum Gasteiger partial charge on any atom is -0.439 e. The Labute approximate surface area is 255 Å². The number of para-hydroxylation sites is 1. The molecule has 0 unspecified atom stereocenters. The Kier molecular flexibility index (Phi) is 7.11. The van der Waals surface area contributed by atoms with Crippen LogP contribution in [0.25, 0.3) is 0 Å². The van der Waals surface area contributed by atoms with Gasteiger partial charge in [0.25, 0.3) is 11.1 Å². The monoisotopic (exact) mass is 585 g/mol. The Morgan fingerprint density at radius 1 is 0.907 bits per heavy atom. The summed E-state index contributed by atoms with van der Waals surface area (Å²) in [5, 5.41) is -0.206. The van der Waals surface area contributed by atoms with Crippen LogP contribution >= 0.6 is 11.8 Å². The van der Waals surface area contributed by atoms with Crippen molar-refractivity contribution in [1.29, 1.82) is 0 Å². The Hall–Kier alpha value is -4.62. The lowest BCUT2D eigenvalue weighted by atomic mass is 9.94. The highest BCUT2D eigenvalue weighted by molar-refractivity contribution is 8.18. The molecule has 43 heavy (non-hydrogen) atoms. The fourth-order valence-electron chi connectivity index (χ4n) is 6.18. The maximum absolute atomic E-state index is 13.1. The van der Waals surface area contributed by atoms with Gasteiger partial charge in [0.1, 0.15) is 5.75 Å². The topological polar surface area (TPSA) is 62.7 Å². The van der Waals surface area contributed by atoms with Crippen molar-refractivity contribution < 1.29 is 14.3 Å². The molecule has 2 fully saturated rings. The van der Waals surface area contributed by atoms with Crippen LogP contribution in [0, 0.1) is 0 Å². The minimum absolute atomic E-state index is 0.126. The summed E-state index contributed by atoms with van der Waals surface area (Å²) in [4.78, 5) is 34.7. The standard InChI is InChI=1S/C36H31N3O3S/c1-2-22-38-34(40)30(43-35(38)41)18-19-31-36(20-21-36)28-23-32(42-27-16-10-5-11-17-27)37-24-29(28)39(31)33(25-12-6-3-7-13-25)26-14-8-4-9-15-26/h3-19,23-24,33H,2,20-22H2,1H3/b30-18-,31-19+. The molecule has 2 aliphatic heterocycles. The Morgan fingerprint density at radius 3 is 2.14 bits per heavy atom. The number of hydrogen-bond donors (Lipinski definition) is 0. The van der Waals surface area contributed by atoms with Gasteiger partial charge in [-0.1, -0.05) is 85.8 Å². The van der Waals surface area contributed by atoms with Crippen LogP contribution in [0.3, 0.4) is 0 Å². The fraction of sp³-hybridized carbons (Fsp3) is 0.194. The highest BCUT2D eigenvalue weighted by atomic mass is 32.2. The molecule has 1 aliphatic carbocycles. The number of imide groups is 1. The number of allylic oxidation sites excluding steroid dienone is 3. The molecule has 3 heterocycles. The Morgan fingerprint density at radius 2 is 1.53 bits per heavy atom. The van der Waals surface area contributed by atoms with Crippen molar-refractivity contribution in [2.45, 2.75) is 37.6 Å². The molecule has 7 heteroatoms. The predicted molar refractivity (Wildman–Crippen MR) is 170 cm³/mol. The van der Waals surface area contributed by atoms with E-state index in [9.17, 15) is 9.59 Å². The fourth-order valence-corrected chi connectivity index (χ4v) is 6.99. The Bertz CT molecular complexity index is 1690. The molecule has 1 saturated carbocycles. The van der Waals surface area contributed by atoms with Gasteiger partial charge in [-0.2, -0.15) is 0 Å². The highest BCUT2D eigenvalue weighted by Crippen LogP contribution is 2.64. The zero-order chi connectivity index (χ0) is 29.4. The van der Waals surface area contributed by atoms with Gasteiger partial charge in [-0.3, -0.25) is 14.5 Å². The summed E-state index contributed by atoms with van der Waals surface area (Å²) in [6.07, 6.45) is 8.50. The largest absolute Gasteiger partial charge is 0.439 e. The molecule has 6 nitrogen and oxygen atoms in total. The van der Waals surface area contributed by atoms with E-state index in [4.69, 9.17) is 9.72 Å². The van der Waals surface area contributed by atoms with Crippen LogP contribution in [0.5, 0.6) is 11.6 Å². The SMILES string of the molecule is CCCN1C(=O)S/C(=C\C=C2\N(C(c3ccccc3)c3ccccc3)c3cnc(Oc4ccccc4)cc3C23CC3)C1=O. The second kappa shape index (κ2) is 11.2. The summed E-state index contributed by atoms with van der Waals surface area (Å²) in [5.74, 6) is 1.07. The van der Waals surface area contributed by atoms with Gasteiger partial charge in [-0.25, -0.2) is 4.98 Å². The first-order valence-electron chi connectivity index (χ1n) is 14.7. The maximum atomic E-state index is 13.1. The maximum Gasteiger partial charge on any atom is 0.293 e. The van der Waals surface area contributed by atoms with E-state index in [0.717, 1.165) is 59.3 Å². The smallest absolute Gasteiger partial charge is 0.293 e. The minimum atomic E-state index is -0.231. The lowest BCUT2D eigenvalue weighted by molar-refractivity contribution is -0.122. The number of amides is 2. The van der Waals surface area contributed by atoms with E-state index in [1.54, 1.807) is 0 Å². The van der Waals surface area contributed by atoms with Crippen LogP contribution in [0.1, 0.15) is 48.9 Å². The molecular formula is C36H31N3O3S. The van der Waals surface area contributed by atoms with Crippen LogP contribution in [-0.4, -0.2) is 27.6 Å². The first-order valence-corrected chi connectivity index (χ1v) is 15.5. The van der Waals surface area contributed by atoms with Gasteiger partial charge in [0.05, 0.1) is 22.8 Å². The summed E-state index contributed by atoms with van der Waals surface area (Å²) < 4.78 is 6.17. The van der Waals surface area contributed by atoms with E-state index in [2.05, 4.69) is 65.6 Å². The first kappa shape index (κ1) is 27.2. The lowest BCUT2D eigenvalue weighted by Gasteiger charge is -2.33. The number of thioether (sulfide) groups is 1. The van der Waals surface area contributed by atoms with Gasteiger partial charge < -0.3 is 9.64 Å². The third-order valence-electron chi connectivity index (χ3n) is 8.30. The Balaban J connectivity index is 1.38. The lowest BCUT2D eigenvalue weighted by Crippen LogP contribution is -2.29. The first-order chi connectivity index (χ1) is 21.1. The number of carbonyl (C=O) groups excluding carboxylic acids is 2. The van der Waals surface area contributed by atoms with Crippen molar-refractivity contribution in [3.63, 3.8) is 0 Å². The van der Waals surface area contributed by atoms with Gasteiger partial charge in [0.15, 0.2) is 0 Å². The average molecular weight is 586 g/mol. The number of pyridine rings is 1. The van der Waals surface area contributed by atoms with Crippen LogP contribution in [-0.2, 0) is 10.2 Å². The summed E-state index contributed by atoms with van der Waals surface area (Å²) in [6, 6.07) is 32.6. The van der Waals surface area contributed by atoms with E-state index < -0.39 is 0 Å². The number of rotatable bonds is 8. The second-order valence-corrected chi connectivity index (χ2v) is 12.0. The average Bonchev–Trinajstić information content (AvgIpc) is 3.75. The van der Waals surface area contributed by atoms with Gasteiger partial charge in [0.2, 0.25) is 5.88 Å². The van der Waals surface area contributed by atoms with E-state index in [1.165, 1.54) is 10.5 Å². The number of aromatic nitrogens is 1. The van der Waals surface area contributed by atoms with Crippen molar-refractivity contribution in [3.05, 3.63) is 143 Å². The number of hydrogen-bond acceptors (Lipinski definition) is 6. The van der Waals surface area contributed by atoms with Gasteiger partial charge in [-0.15, -0.1) is 0 Å². The number of nitrogens with zero attached hydrogens (tertiary/aromatic N) is 3. The van der Waals surface area contributed by atoms with Crippen LogP contribution < -0.4 is 9.64 Å². The molecule has 0 radical (unpaired) electrons. The van der Waals surface area contributed by atoms with E-state index in [1.807, 2.05) is 61.7 Å². The molecule has 2 amide bonds.